The van der Waals surface area contributed by atoms with E-state index in [4.69, 9.17) is 23.2 Å². The lowest BCUT2D eigenvalue weighted by Gasteiger charge is -2.00. The summed E-state index contributed by atoms with van der Waals surface area (Å²) in [6, 6.07) is 14.9. The van der Waals surface area contributed by atoms with E-state index in [9.17, 15) is 4.79 Å². The monoisotopic (exact) mass is 371 g/mol. The first-order valence-electron chi connectivity index (χ1n) is 8.28. The van der Waals surface area contributed by atoms with Crippen LogP contribution in [0.2, 0.25) is 10.0 Å². The smallest absolute Gasteiger partial charge is 0.257 e. The van der Waals surface area contributed by atoms with Gasteiger partial charge in [-0.2, -0.15) is 0 Å². The molecular formula is C20H17Cl2N2O+. The van der Waals surface area contributed by atoms with E-state index >= 15 is 0 Å². The molecule has 126 valence electrons. The molecule has 0 atom stereocenters. The van der Waals surface area contributed by atoms with E-state index in [1.165, 1.54) is 5.82 Å². The summed E-state index contributed by atoms with van der Waals surface area (Å²) in [5.74, 6) is 1.29. The number of carbonyl (C=O) groups excluding carboxylic acids is 1. The number of Topliss-reactive ketones (excluding diaryl/α,β-unsaturated/α-hetero) is 1. The Bertz CT molecular complexity index is 928. The molecule has 0 bridgehead atoms. The lowest BCUT2D eigenvalue weighted by Crippen LogP contribution is -2.40. The fourth-order valence-electron chi connectivity index (χ4n) is 3.38. The van der Waals surface area contributed by atoms with Crippen molar-refractivity contribution in [3.63, 3.8) is 0 Å². The maximum Gasteiger partial charge on any atom is 0.257 e. The van der Waals surface area contributed by atoms with Crippen LogP contribution in [-0.2, 0) is 19.5 Å². The van der Waals surface area contributed by atoms with Crippen molar-refractivity contribution in [1.29, 1.82) is 0 Å². The van der Waals surface area contributed by atoms with Crippen LogP contribution in [0.4, 0.5) is 0 Å². The molecule has 1 aromatic heterocycles. The molecule has 4 rings (SSSR count). The lowest BCUT2D eigenvalue weighted by atomic mass is 10.1. The van der Waals surface area contributed by atoms with Gasteiger partial charge in [0.2, 0.25) is 5.78 Å². The van der Waals surface area contributed by atoms with E-state index in [-0.39, 0.29) is 5.78 Å². The first kappa shape index (κ1) is 16.4. The van der Waals surface area contributed by atoms with Gasteiger partial charge in [0.1, 0.15) is 6.20 Å². The summed E-state index contributed by atoms with van der Waals surface area (Å²) in [5.41, 5.74) is 2.93. The van der Waals surface area contributed by atoms with Crippen molar-refractivity contribution in [2.75, 3.05) is 0 Å². The Balaban J connectivity index is 1.66. The Morgan fingerprint density at radius 1 is 1.00 bits per heavy atom. The molecule has 3 aromatic rings. The van der Waals surface area contributed by atoms with E-state index in [0.717, 1.165) is 35.7 Å². The number of halogens is 2. The van der Waals surface area contributed by atoms with Gasteiger partial charge in [-0.25, -0.2) is 9.13 Å². The zero-order valence-electron chi connectivity index (χ0n) is 13.6. The van der Waals surface area contributed by atoms with Gasteiger partial charge >= 0.3 is 0 Å². The average molecular weight is 372 g/mol. The number of imidazole rings is 1. The molecule has 0 saturated heterocycles. The third-order valence-electron chi connectivity index (χ3n) is 4.61. The highest BCUT2D eigenvalue weighted by atomic mass is 35.5. The highest BCUT2D eigenvalue weighted by Crippen LogP contribution is 2.26. The normalized spacial score (nSPS) is 13.0. The minimum Gasteiger partial charge on any atom is -0.290 e. The maximum absolute atomic E-state index is 12.6. The molecule has 0 saturated carbocycles. The number of carbonyl (C=O) groups is 1. The topological polar surface area (TPSA) is 25.9 Å². The summed E-state index contributed by atoms with van der Waals surface area (Å²) in [5, 5.41) is 1.36. The Hall–Kier alpha value is -2.10. The predicted molar refractivity (Wildman–Crippen MR) is 99.2 cm³/mol. The quantitative estimate of drug-likeness (QED) is 0.486. The second kappa shape index (κ2) is 6.66. The first-order valence-corrected chi connectivity index (χ1v) is 9.04. The standard InChI is InChI=1S/C20H17Cl2N2O/c21-16-7-3-14(4-8-16)18-12-23(20-2-1-11-24(18)20)13-19(25)15-5-9-17(22)10-6-15/h3-10,12H,1-2,11,13H2/q+1. The molecule has 5 heteroatoms. The Morgan fingerprint density at radius 3 is 2.32 bits per heavy atom. The number of hydrogen-bond donors (Lipinski definition) is 0. The van der Waals surface area contributed by atoms with Crippen molar-refractivity contribution >= 4 is 29.0 Å². The highest BCUT2D eigenvalue weighted by molar-refractivity contribution is 6.30. The fourth-order valence-corrected chi connectivity index (χ4v) is 3.63. The number of rotatable bonds is 4. The van der Waals surface area contributed by atoms with Gasteiger partial charge in [-0.3, -0.25) is 4.79 Å². The van der Waals surface area contributed by atoms with Crippen LogP contribution in [0.3, 0.4) is 0 Å². The zero-order valence-corrected chi connectivity index (χ0v) is 15.1. The van der Waals surface area contributed by atoms with Crippen LogP contribution >= 0.6 is 23.2 Å². The largest absolute Gasteiger partial charge is 0.290 e. The molecule has 0 fully saturated rings. The lowest BCUT2D eigenvalue weighted by molar-refractivity contribution is -0.689. The van der Waals surface area contributed by atoms with Gasteiger partial charge in [0.25, 0.3) is 5.82 Å². The molecular weight excluding hydrogens is 355 g/mol. The second-order valence-corrected chi connectivity index (χ2v) is 7.12. The first-order chi connectivity index (χ1) is 12.1. The van der Waals surface area contributed by atoms with Gasteiger partial charge < -0.3 is 0 Å². The summed E-state index contributed by atoms with van der Waals surface area (Å²) in [7, 11) is 0. The van der Waals surface area contributed by atoms with Crippen LogP contribution in [0.1, 0.15) is 22.6 Å². The summed E-state index contributed by atoms with van der Waals surface area (Å²) in [6.45, 7) is 1.32. The van der Waals surface area contributed by atoms with Crippen LogP contribution in [0.25, 0.3) is 11.3 Å². The molecule has 0 amide bonds. The van der Waals surface area contributed by atoms with Crippen molar-refractivity contribution in [2.24, 2.45) is 0 Å². The maximum atomic E-state index is 12.6. The third kappa shape index (κ3) is 3.22. The fraction of sp³-hybridized carbons (Fsp3) is 0.200. The van der Waals surface area contributed by atoms with Crippen molar-refractivity contribution in [3.05, 3.63) is 76.2 Å². The molecule has 3 nitrogen and oxygen atoms in total. The Morgan fingerprint density at radius 2 is 1.64 bits per heavy atom. The van der Waals surface area contributed by atoms with Gasteiger partial charge in [0.15, 0.2) is 12.2 Å². The average Bonchev–Trinajstić information content (AvgIpc) is 3.20. The molecule has 1 aliphatic rings. The van der Waals surface area contributed by atoms with Gasteiger partial charge in [0, 0.05) is 21.2 Å². The van der Waals surface area contributed by atoms with Crippen molar-refractivity contribution in [1.82, 2.24) is 4.57 Å². The van der Waals surface area contributed by atoms with Crippen LogP contribution in [0.5, 0.6) is 0 Å². The molecule has 0 spiro atoms. The van der Waals surface area contributed by atoms with Crippen LogP contribution < -0.4 is 4.57 Å². The van der Waals surface area contributed by atoms with E-state index in [1.807, 2.05) is 24.3 Å². The summed E-state index contributed by atoms with van der Waals surface area (Å²) in [6.07, 6.45) is 4.17. The SMILES string of the molecule is O=C(C[n+]1cc(-c2ccc(Cl)cc2)n2c1CCC2)c1ccc(Cl)cc1. The molecule has 0 aliphatic carbocycles. The number of nitrogens with zero attached hydrogens (tertiary/aromatic N) is 2. The van der Waals surface area contributed by atoms with Gasteiger partial charge in [-0.05, 0) is 55.0 Å². The van der Waals surface area contributed by atoms with E-state index in [1.54, 1.807) is 24.3 Å². The molecule has 0 radical (unpaired) electrons. The van der Waals surface area contributed by atoms with Crippen molar-refractivity contribution in [3.8, 4) is 11.3 Å². The Labute approximate surface area is 156 Å². The van der Waals surface area contributed by atoms with E-state index in [2.05, 4.69) is 15.3 Å². The van der Waals surface area contributed by atoms with Crippen molar-refractivity contribution in [2.45, 2.75) is 25.9 Å². The molecule has 25 heavy (non-hydrogen) atoms. The molecule has 0 unspecified atom stereocenters. The molecule has 1 aliphatic heterocycles. The molecule has 0 N–H and O–H groups in total. The minimum absolute atomic E-state index is 0.0876. The zero-order chi connectivity index (χ0) is 17.4. The van der Waals surface area contributed by atoms with Gasteiger partial charge in [-0.1, -0.05) is 23.2 Å². The number of aromatic nitrogens is 2. The Kier molecular flexibility index (Phi) is 4.36. The van der Waals surface area contributed by atoms with Crippen molar-refractivity contribution < 1.29 is 9.36 Å². The van der Waals surface area contributed by atoms with Gasteiger partial charge in [0.05, 0.1) is 13.0 Å². The number of fused-ring (bicyclic) bond motifs is 1. The number of hydrogen-bond acceptors (Lipinski definition) is 1. The molecule has 2 aromatic carbocycles. The highest BCUT2D eigenvalue weighted by Gasteiger charge is 2.29. The molecule has 2 heterocycles. The second-order valence-electron chi connectivity index (χ2n) is 6.25. The van der Waals surface area contributed by atoms with Crippen LogP contribution in [0, 0.1) is 0 Å². The third-order valence-corrected chi connectivity index (χ3v) is 5.12. The number of ketones is 1. The van der Waals surface area contributed by atoms with Crippen LogP contribution in [0.15, 0.2) is 54.7 Å². The van der Waals surface area contributed by atoms with E-state index in [0.29, 0.717) is 17.1 Å². The number of benzene rings is 2. The van der Waals surface area contributed by atoms with E-state index < -0.39 is 0 Å². The summed E-state index contributed by atoms with van der Waals surface area (Å²) >= 11 is 11.9. The summed E-state index contributed by atoms with van der Waals surface area (Å²) in [4.78, 5) is 12.6. The van der Waals surface area contributed by atoms with Gasteiger partial charge in [-0.15, -0.1) is 0 Å². The predicted octanol–water partition coefficient (Wildman–Crippen LogP) is 4.58. The minimum atomic E-state index is 0.0876. The van der Waals surface area contributed by atoms with Crippen LogP contribution in [-0.4, -0.2) is 10.4 Å². The summed E-state index contributed by atoms with van der Waals surface area (Å²) < 4.78 is 4.38.